The lowest BCUT2D eigenvalue weighted by Gasteiger charge is -2.20. The van der Waals surface area contributed by atoms with Gasteiger partial charge < -0.3 is 15.2 Å². The third-order valence-electron chi connectivity index (χ3n) is 3.59. The second kappa shape index (κ2) is 8.72. The van der Waals surface area contributed by atoms with E-state index >= 15 is 0 Å². The highest BCUT2D eigenvalue weighted by molar-refractivity contribution is 5.94. The fraction of sp³-hybridized carbons (Fsp3) is 0.562. The van der Waals surface area contributed by atoms with Crippen LogP contribution >= 0.6 is 0 Å². The van der Waals surface area contributed by atoms with Crippen LogP contribution < -0.4 is 5.32 Å². The Balaban J connectivity index is 2.50. The summed E-state index contributed by atoms with van der Waals surface area (Å²) in [6.07, 6.45) is 1.35. The topological polar surface area (TPSA) is 58.6 Å². The standard InChI is InChI=1S/C16H25NO3/c1-4-13(5-2)15(18)10-17-16(19)14-8-6-12(7-9-14)11-20-3/h6-9,13,15,18H,4-5,10-11H2,1-3H3,(H,17,19). The molecule has 4 nitrogen and oxygen atoms in total. The Hall–Kier alpha value is -1.39. The molecule has 1 unspecified atom stereocenters. The summed E-state index contributed by atoms with van der Waals surface area (Å²) >= 11 is 0. The molecule has 0 bridgehead atoms. The smallest absolute Gasteiger partial charge is 0.251 e. The normalized spacial score (nSPS) is 12.4. The van der Waals surface area contributed by atoms with Gasteiger partial charge in [0.1, 0.15) is 0 Å². The van der Waals surface area contributed by atoms with Gasteiger partial charge >= 0.3 is 0 Å². The van der Waals surface area contributed by atoms with Gasteiger partial charge in [0.25, 0.3) is 5.91 Å². The van der Waals surface area contributed by atoms with Crippen LogP contribution in [0.4, 0.5) is 0 Å². The van der Waals surface area contributed by atoms with E-state index in [1.165, 1.54) is 0 Å². The predicted octanol–water partition coefficient (Wildman–Crippen LogP) is 2.36. The van der Waals surface area contributed by atoms with E-state index in [-0.39, 0.29) is 11.8 Å². The van der Waals surface area contributed by atoms with Gasteiger partial charge in [0.15, 0.2) is 0 Å². The summed E-state index contributed by atoms with van der Waals surface area (Å²) < 4.78 is 5.02. The number of nitrogens with one attached hydrogen (secondary N) is 1. The van der Waals surface area contributed by atoms with Crippen LogP contribution in [0.5, 0.6) is 0 Å². The third-order valence-corrected chi connectivity index (χ3v) is 3.59. The molecule has 0 fully saturated rings. The first kappa shape index (κ1) is 16.7. The Kier molecular flexibility index (Phi) is 7.26. The number of hydrogen-bond donors (Lipinski definition) is 2. The highest BCUT2D eigenvalue weighted by atomic mass is 16.5. The van der Waals surface area contributed by atoms with Crippen molar-refractivity contribution < 1.29 is 14.6 Å². The summed E-state index contributed by atoms with van der Waals surface area (Å²) in [5.41, 5.74) is 1.63. The summed E-state index contributed by atoms with van der Waals surface area (Å²) in [5, 5.41) is 12.8. The molecule has 1 atom stereocenters. The Morgan fingerprint density at radius 3 is 2.35 bits per heavy atom. The molecule has 2 N–H and O–H groups in total. The number of aliphatic hydroxyl groups excluding tert-OH is 1. The maximum Gasteiger partial charge on any atom is 0.251 e. The van der Waals surface area contributed by atoms with Crippen LogP contribution in [0.1, 0.15) is 42.6 Å². The monoisotopic (exact) mass is 279 g/mol. The van der Waals surface area contributed by atoms with E-state index in [1.807, 2.05) is 26.0 Å². The quantitative estimate of drug-likeness (QED) is 0.768. The SMILES string of the molecule is CCC(CC)C(O)CNC(=O)c1ccc(COC)cc1. The van der Waals surface area contributed by atoms with E-state index in [0.29, 0.717) is 18.7 Å². The van der Waals surface area contributed by atoms with E-state index in [0.717, 1.165) is 18.4 Å². The second-order valence-corrected chi connectivity index (χ2v) is 4.98. The lowest BCUT2D eigenvalue weighted by molar-refractivity contribution is 0.0816. The second-order valence-electron chi connectivity index (χ2n) is 4.98. The van der Waals surface area contributed by atoms with Gasteiger partial charge in [0.05, 0.1) is 12.7 Å². The number of amides is 1. The lowest BCUT2D eigenvalue weighted by atomic mass is 9.96. The van der Waals surface area contributed by atoms with E-state index in [1.54, 1.807) is 19.2 Å². The molecule has 0 spiro atoms. The molecule has 0 aromatic heterocycles. The van der Waals surface area contributed by atoms with E-state index < -0.39 is 6.10 Å². The number of carbonyl (C=O) groups excluding carboxylic acids is 1. The van der Waals surface area contributed by atoms with Crippen molar-refractivity contribution in [3.8, 4) is 0 Å². The van der Waals surface area contributed by atoms with Gasteiger partial charge in [-0.1, -0.05) is 38.8 Å². The molecule has 4 heteroatoms. The zero-order valence-corrected chi connectivity index (χ0v) is 12.6. The fourth-order valence-corrected chi connectivity index (χ4v) is 2.22. The minimum atomic E-state index is -0.485. The zero-order valence-electron chi connectivity index (χ0n) is 12.6. The number of ether oxygens (including phenoxy) is 1. The Labute approximate surface area is 121 Å². The van der Waals surface area contributed by atoms with Crippen molar-refractivity contribution in [2.24, 2.45) is 5.92 Å². The molecular weight excluding hydrogens is 254 g/mol. The van der Waals surface area contributed by atoms with Crippen molar-refractivity contribution in [1.82, 2.24) is 5.32 Å². The van der Waals surface area contributed by atoms with Gasteiger partial charge in [0, 0.05) is 19.2 Å². The highest BCUT2D eigenvalue weighted by Crippen LogP contribution is 2.12. The number of methoxy groups -OCH3 is 1. The van der Waals surface area contributed by atoms with Gasteiger partial charge in [-0.2, -0.15) is 0 Å². The van der Waals surface area contributed by atoms with Crippen LogP contribution in [0.3, 0.4) is 0 Å². The summed E-state index contributed by atoms with van der Waals surface area (Å²) in [7, 11) is 1.64. The first-order chi connectivity index (χ1) is 9.62. The third kappa shape index (κ3) is 4.94. The van der Waals surface area contributed by atoms with Crippen molar-refractivity contribution in [2.45, 2.75) is 39.4 Å². The molecule has 0 aliphatic carbocycles. The average molecular weight is 279 g/mol. The summed E-state index contributed by atoms with van der Waals surface area (Å²) in [6, 6.07) is 7.28. The summed E-state index contributed by atoms with van der Waals surface area (Å²) in [4.78, 5) is 12.0. The first-order valence-electron chi connectivity index (χ1n) is 7.16. The van der Waals surface area contributed by atoms with Gasteiger partial charge in [-0.3, -0.25) is 4.79 Å². The molecule has 0 saturated heterocycles. The van der Waals surface area contributed by atoms with Gasteiger partial charge in [0.2, 0.25) is 0 Å². The van der Waals surface area contributed by atoms with E-state index in [2.05, 4.69) is 5.32 Å². The Morgan fingerprint density at radius 1 is 1.25 bits per heavy atom. The van der Waals surface area contributed by atoms with Crippen LogP contribution in [-0.2, 0) is 11.3 Å². The van der Waals surface area contributed by atoms with Crippen LogP contribution in [0.25, 0.3) is 0 Å². The van der Waals surface area contributed by atoms with Crippen LogP contribution in [-0.4, -0.2) is 30.8 Å². The fourth-order valence-electron chi connectivity index (χ4n) is 2.22. The molecule has 0 radical (unpaired) electrons. The Bertz CT molecular complexity index is 399. The first-order valence-corrected chi connectivity index (χ1v) is 7.16. The highest BCUT2D eigenvalue weighted by Gasteiger charge is 2.16. The minimum absolute atomic E-state index is 0.154. The molecule has 1 aromatic carbocycles. The number of rotatable bonds is 8. The van der Waals surface area contributed by atoms with Crippen molar-refractivity contribution in [1.29, 1.82) is 0 Å². The largest absolute Gasteiger partial charge is 0.391 e. The average Bonchev–Trinajstić information content (AvgIpc) is 2.47. The van der Waals surface area contributed by atoms with E-state index in [9.17, 15) is 9.90 Å². The number of hydrogen-bond acceptors (Lipinski definition) is 3. The van der Waals surface area contributed by atoms with Crippen LogP contribution in [0.15, 0.2) is 24.3 Å². The van der Waals surface area contributed by atoms with Crippen molar-refractivity contribution in [3.05, 3.63) is 35.4 Å². The molecule has 0 aliphatic rings. The zero-order chi connectivity index (χ0) is 15.0. The lowest BCUT2D eigenvalue weighted by Crippen LogP contribution is -2.36. The van der Waals surface area contributed by atoms with Crippen LogP contribution in [0.2, 0.25) is 0 Å². The molecule has 0 saturated carbocycles. The van der Waals surface area contributed by atoms with Gasteiger partial charge in [-0.05, 0) is 23.6 Å². The molecule has 1 amide bonds. The minimum Gasteiger partial charge on any atom is -0.391 e. The summed E-state index contributed by atoms with van der Waals surface area (Å²) in [5.74, 6) is 0.0818. The number of carbonyl (C=O) groups is 1. The van der Waals surface area contributed by atoms with Crippen molar-refractivity contribution >= 4 is 5.91 Å². The molecule has 112 valence electrons. The molecule has 20 heavy (non-hydrogen) atoms. The molecule has 1 rings (SSSR count). The van der Waals surface area contributed by atoms with E-state index in [4.69, 9.17) is 4.74 Å². The molecule has 1 aromatic rings. The van der Waals surface area contributed by atoms with Gasteiger partial charge in [-0.15, -0.1) is 0 Å². The maximum absolute atomic E-state index is 12.0. The molecule has 0 heterocycles. The van der Waals surface area contributed by atoms with Crippen molar-refractivity contribution in [3.63, 3.8) is 0 Å². The van der Waals surface area contributed by atoms with Crippen LogP contribution in [0, 0.1) is 5.92 Å². The molecular formula is C16H25NO3. The predicted molar refractivity (Wildman–Crippen MR) is 79.6 cm³/mol. The van der Waals surface area contributed by atoms with Gasteiger partial charge in [-0.25, -0.2) is 0 Å². The maximum atomic E-state index is 12.0. The number of aliphatic hydroxyl groups is 1. The molecule has 0 aliphatic heterocycles. The Morgan fingerprint density at radius 2 is 1.85 bits per heavy atom. The number of benzene rings is 1. The van der Waals surface area contributed by atoms with Crippen molar-refractivity contribution in [2.75, 3.05) is 13.7 Å². The summed E-state index contributed by atoms with van der Waals surface area (Å²) in [6.45, 7) is 4.93.